The topological polar surface area (TPSA) is 26.3 Å². The fraction of sp³-hybridized carbons (Fsp3) is 0.714. The van der Waals surface area contributed by atoms with Gasteiger partial charge in [-0.3, -0.25) is 4.57 Å². The van der Waals surface area contributed by atoms with Crippen LogP contribution in [0.3, 0.4) is 0 Å². The van der Waals surface area contributed by atoms with Crippen molar-refractivity contribution in [3.8, 4) is 0 Å². The van der Waals surface area contributed by atoms with E-state index in [1.807, 2.05) is 13.8 Å². The molecule has 0 amide bonds. The summed E-state index contributed by atoms with van der Waals surface area (Å²) in [4.78, 5) is 0. The minimum atomic E-state index is -2.46. The average Bonchev–Trinajstić information content (AvgIpc) is 1.85. The Kier molecular flexibility index (Phi) is 3.92. The first-order chi connectivity index (χ1) is 4.48. The van der Waals surface area contributed by atoms with Crippen LogP contribution < -0.4 is 0 Å². The van der Waals surface area contributed by atoms with Crippen molar-refractivity contribution in [3.63, 3.8) is 0 Å². The van der Waals surface area contributed by atoms with Crippen LogP contribution in [0.25, 0.3) is 0 Å². The smallest absolute Gasteiger partial charge is 0.221 e. The predicted molar refractivity (Wildman–Crippen MR) is 44.5 cm³/mol. The van der Waals surface area contributed by atoms with Gasteiger partial charge in [0.2, 0.25) is 7.37 Å². The molecule has 0 aliphatic heterocycles. The van der Waals surface area contributed by atoms with Gasteiger partial charge in [-0.2, -0.15) is 0 Å². The van der Waals surface area contributed by atoms with E-state index in [1.54, 1.807) is 6.66 Å². The van der Waals surface area contributed by atoms with E-state index in [4.69, 9.17) is 4.52 Å². The van der Waals surface area contributed by atoms with E-state index in [1.165, 1.54) is 5.82 Å². The highest BCUT2D eigenvalue weighted by molar-refractivity contribution is 7.61. The van der Waals surface area contributed by atoms with Gasteiger partial charge in [-0.1, -0.05) is 20.4 Å². The molecule has 0 fully saturated rings. The molecule has 0 heterocycles. The van der Waals surface area contributed by atoms with Crippen LogP contribution in [0.1, 0.15) is 13.8 Å². The molecule has 0 saturated carbocycles. The van der Waals surface area contributed by atoms with Gasteiger partial charge in [0.1, 0.15) is 0 Å². The Morgan fingerprint density at radius 3 is 2.50 bits per heavy atom. The van der Waals surface area contributed by atoms with Crippen molar-refractivity contribution in [2.75, 3.05) is 13.3 Å². The summed E-state index contributed by atoms with van der Waals surface area (Å²) in [5.74, 6) is 1.81. The van der Waals surface area contributed by atoms with Crippen molar-refractivity contribution in [3.05, 3.63) is 12.4 Å². The van der Waals surface area contributed by atoms with Gasteiger partial charge in [-0.25, -0.2) is 0 Å². The summed E-state index contributed by atoms with van der Waals surface area (Å²) in [6.45, 7) is 9.57. The monoisotopic (exact) mass is 162 g/mol. The van der Waals surface area contributed by atoms with Crippen LogP contribution in [-0.4, -0.2) is 13.3 Å². The molecule has 3 heteroatoms. The second-order valence-corrected chi connectivity index (χ2v) is 5.22. The largest absolute Gasteiger partial charge is 0.326 e. The van der Waals surface area contributed by atoms with E-state index in [2.05, 4.69) is 6.58 Å². The molecule has 0 bridgehead atoms. The molecule has 0 aromatic rings. The first-order valence-corrected chi connectivity index (χ1v) is 5.47. The van der Waals surface area contributed by atoms with Gasteiger partial charge >= 0.3 is 0 Å². The molecule has 0 aliphatic carbocycles. The summed E-state index contributed by atoms with van der Waals surface area (Å²) >= 11 is 0. The number of rotatable bonds is 4. The van der Waals surface area contributed by atoms with E-state index in [0.29, 0.717) is 12.5 Å². The van der Waals surface area contributed by atoms with E-state index >= 15 is 0 Å². The van der Waals surface area contributed by atoms with E-state index in [9.17, 15) is 4.57 Å². The van der Waals surface area contributed by atoms with Crippen LogP contribution in [0.5, 0.6) is 0 Å². The van der Waals surface area contributed by atoms with Gasteiger partial charge < -0.3 is 4.52 Å². The zero-order chi connectivity index (χ0) is 8.20. The summed E-state index contributed by atoms with van der Waals surface area (Å²) in [6, 6.07) is 0. The molecule has 10 heavy (non-hydrogen) atoms. The molecule has 0 radical (unpaired) electrons. The Bertz CT molecular complexity index is 152. The second kappa shape index (κ2) is 3.95. The highest BCUT2D eigenvalue weighted by atomic mass is 31.2. The Balaban J connectivity index is 3.68. The normalized spacial score (nSPS) is 16.8. The van der Waals surface area contributed by atoms with E-state index < -0.39 is 7.37 Å². The van der Waals surface area contributed by atoms with E-state index in [-0.39, 0.29) is 0 Å². The van der Waals surface area contributed by atoms with E-state index in [0.717, 1.165) is 0 Å². The van der Waals surface area contributed by atoms with Gasteiger partial charge in [-0.05, 0) is 11.7 Å². The Hall–Kier alpha value is -0.0700. The highest BCUT2D eigenvalue weighted by Crippen LogP contribution is 2.43. The first kappa shape index (κ1) is 9.93. The minimum absolute atomic E-state index is 0.424. The number of hydrogen-bond acceptors (Lipinski definition) is 2. The summed E-state index contributed by atoms with van der Waals surface area (Å²) in [6.07, 6.45) is 0. The zero-order valence-corrected chi connectivity index (χ0v) is 7.73. The van der Waals surface area contributed by atoms with Crippen LogP contribution >= 0.6 is 7.37 Å². The van der Waals surface area contributed by atoms with Crippen molar-refractivity contribution in [1.29, 1.82) is 0 Å². The summed E-state index contributed by atoms with van der Waals surface area (Å²) in [5, 5.41) is 0. The molecule has 0 rings (SSSR count). The molecular weight excluding hydrogens is 147 g/mol. The Labute approximate surface area is 62.7 Å². The van der Waals surface area contributed by atoms with Crippen molar-refractivity contribution in [1.82, 2.24) is 0 Å². The Morgan fingerprint density at radius 1 is 1.70 bits per heavy atom. The summed E-state index contributed by atoms with van der Waals surface area (Å²) in [7, 11) is -2.46. The summed E-state index contributed by atoms with van der Waals surface area (Å²) < 4.78 is 16.2. The molecule has 0 aliphatic rings. The van der Waals surface area contributed by atoms with Crippen LogP contribution in [0.2, 0.25) is 0 Å². The third-order valence-electron chi connectivity index (χ3n) is 0.996. The fourth-order valence-corrected chi connectivity index (χ4v) is 1.05. The highest BCUT2D eigenvalue weighted by Gasteiger charge is 2.09. The Morgan fingerprint density at radius 2 is 2.20 bits per heavy atom. The molecular formula is C7H15O2P. The molecule has 1 atom stereocenters. The van der Waals surface area contributed by atoms with Crippen LogP contribution in [-0.2, 0) is 9.09 Å². The van der Waals surface area contributed by atoms with Crippen molar-refractivity contribution < 1.29 is 9.09 Å². The van der Waals surface area contributed by atoms with Gasteiger partial charge in [0.25, 0.3) is 0 Å². The predicted octanol–water partition coefficient (Wildman–Crippen LogP) is 2.71. The lowest BCUT2D eigenvalue weighted by molar-refractivity contribution is 0.278. The SMILES string of the molecule is C=CP(C)(=O)OCC(C)C. The first-order valence-electron chi connectivity index (χ1n) is 3.33. The average molecular weight is 162 g/mol. The third kappa shape index (κ3) is 4.78. The maximum Gasteiger partial charge on any atom is 0.221 e. The maximum absolute atomic E-state index is 11.1. The quantitative estimate of drug-likeness (QED) is 0.594. The minimum Gasteiger partial charge on any atom is -0.326 e. The van der Waals surface area contributed by atoms with Crippen molar-refractivity contribution in [2.45, 2.75) is 13.8 Å². The second-order valence-electron chi connectivity index (χ2n) is 2.78. The molecule has 0 saturated heterocycles. The van der Waals surface area contributed by atoms with Crippen molar-refractivity contribution >= 4 is 7.37 Å². The van der Waals surface area contributed by atoms with Crippen LogP contribution in [0, 0.1) is 5.92 Å². The van der Waals surface area contributed by atoms with Gasteiger partial charge in [0.05, 0.1) is 6.61 Å². The van der Waals surface area contributed by atoms with Gasteiger partial charge in [0, 0.05) is 6.66 Å². The molecule has 0 aromatic carbocycles. The van der Waals surface area contributed by atoms with Gasteiger partial charge in [-0.15, -0.1) is 0 Å². The van der Waals surface area contributed by atoms with Crippen molar-refractivity contribution in [2.24, 2.45) is 5.92 Å². The molecule has 60 valence electrons. The third-order valence-corrected chi connectivity index (χ3v) is 2.32. The van der Waals surface area contributed by atoms with Crippen LogP contribution in [0.15, 0.2) is 12.4 Å². The molecule has 1 unspecified atom stereocenters. The lowest BCUT2D eigenvalue weighted by Gasteiger charge is -2.10. The molecule has 0 aromatic heterocycles. The summed E-state index contributed by atoms with van der Waals surface area (Å²) in [5.41, 5.74) is 0. The number of hydrogen-bond donors (Lipinski definition) is 0. The standard InChI is InChI=1S/C7H15O2P/c1-5-10(4,8)9-6-7(2)3/h5,7H,1,6H2,2-4H3. The molecule has 0 N–H and O–H groups in total. The van der Waals surface area contributed by atoms with Crippen LogP contribution in [0.4, 0.5) is 0 Å². The molecule has 2 nitrogen and oxygen atoms in total. The van der Waals surface area contributed by atoms with Gasteiger partial charge in [0.15, 0.2) is 0 Å². The molecule has 0 spiro atoms. The lowest BCUT2D eigenvalue weighted by atomic mass is 10.2. The lowest BCUT2D eigenvalue weighted by Crippen LogP contribution is -1.98. The fourth-order valence-electron chi connectivity index (χ4n) is 0.350. The zero-order valence-electron chi connectivity index (χ0n) is 6.83. The maximum atomic E-state index is 11.1.